The molecule has 0 bridgehead atoms. The summed E-state index contributed by atoms with van der Waals surface area (Å²) in [6, 6.07) is 0. The van der Waals surface area contributed by atoms with Crippen molar-refractivity contribution in [2.75, 3.05) is 6.61 Å². The normalized spacial score (nSPS) is 21.1. The summed E-state index contributed by atoms with van der Waals surface area (Å²) in [6.45, 7) is 4.40. The van der Waals surface area contributed by atoms with Crippen molar-refractivity contribution < 1.29 is 4.74 Å². The van der Waals surface area contributed by atoms with E-state index in [-0.39, 0.29) is 0 Å². The average Bonchev–Trinajstić information content (AvgIpc) is 2.16. The van der Waals surface area contributed by atoms with E-state index >= 15 is 0 Å². The first-order valence-electron chi connectivity index (χ1n) is 3.00. The van der Waals surface area contributed by atoms with Gasteiger partial charge in [-0.15, -0.1) is 0 Å². The lowest BCUT2D eigenvalue weighted by atomic mass is 10.5. The summed E-state index contributed by atoms with van der Waals surface area (Å²) >= 11 is 0. The fraction of sp³-hybridized carbons (Fsp3) is 0.667. The highest BCUT2D eigenvalue weighted by Crippen LogP contribution is 2.15. The molecule has 0 aliphatic carbocycles. The van der Waals surface area contributed by atoms with Gasteiger partial charge in [-0.2, -0.15) is 0 Å². The van der Waals surface area contributed by atoms with E-state index in [2.05, 4.69) is 9.98 Å². The maximum atomic E-state index is 5.19. The molecule has 0 saturated carbocycles. The fourth-order valence-electron chi connectivity index (χ4n) is 0.725. The predicted molar refractivity (Wildman–Crippen MR) is 37.0 cm³/mol. The first-order valence-corrected chi connectivity index (χ1v) is 3.00. The zero-order valence-electron chi connectivity index (χ0n) is 5.66. The van der Waals surface area contributed by atoms with Crippen molar-refractivity contribution in [1.29, 1.82) is 0 Å². The standard InChI is InChI=1S/C6H10N2O/c1-3-9-6(2)7-4-5-8-6/h4-5H,3H2,1-2H3. The molecule has 1 aliphatic heterocycles. The molecule has 0 saturated heterocycles. The second-order valence-corrected chi connectivity index (χ2v) is 1.92. The van der Waals surface area contributed by atoms with Crippen molar-refractivity contribution >= 4 is 12.4 Å². The second-order valence-electron chi connectivity index (χ2n) is 1.92. The molecule has 0 aromatic carbocycles. The van der Waals surface area contributed by atoms with Crippen LogP contribution in [0.3, 0.4) is 0 Å². The summed E-state index contributed by atoms with van der Waals surface area (Å²) in [6.07, 6.45) is 3.30. The SMILES string of the molecule is CCOC1(C)N=CC=N1. The Morgan fingerprint density at radius 1 is 1.44 bits per heavy atom. The maximum Gasteiger partial charge on any atom is 0.253 e. The Morgan fingerprint density at radius 2 is 2.00 bits per heavy atom. The molecule has 0 radical (unpaired) electrons. The van der Waals surface area contributed by atoms with Gasteiger partial charge in [0, 0.05) is 26.0 Å². The van der Waals surface area contributed by atoms with E-state index in [1.165, 1.54) is 0 Å². The smallest absolute Gasteiger partial charge is 0.253 e. The van der Waals surface area contributed by atoms with E-state index in [0.29, 0.717) is 6.61 Å². The molecule has 0 aromatic heterocycles. The molecular formula is C6H10N2O. The minimum Gasteiger partial charge on any atom is -0.336 e. The van der Waals surface area contributed by atoms with E-state index in [9.17, 15) is 0 Å². The summed E-state index contributed by atoms with van der Waals surface area (Å²) in [7, 11) is 0. The van der Waals surface area contributed by atoms with E-state index in [4.69, 9.17) is 4.74 Å². The molecule has 0 fully saturated rings. The lowest BCUT2D eigenvalue weighted by Crippen LogP contribution is -2.20. The van der Waals surface area contributed by atoms with E-state index in [1.54, 1.807) is 12.4 Å². The maximum absolute atomic E-state index is 5.19. The molecule has 0 atom stereocenters. The summed E-state index contributed by atoms with van der Waals surface area (Å²) < 4.78 is 5.19. The van der Waals surface area contributed by atoms with Gasteiger partial charge < -0.3 is 4.74 Å². The number of hydrogen-bond acceptors (Lipinski definition) is 3. The zero-order valence-corrected chi connectivity index (χ0v) is 5.66. The monoisotopic (exact) mass is 126 g/mol. The van der Waals surface area contributed by atoms with Crippen LogP contribution in [0.25, 0.3) is 0 Å². The Labute approximate surface area is 54.5 Å². The first-order chi connectivity index (χ1) is 4.27. The molecule has 50 valence electrons. The highest BCUT2D eigenvalue weighted by Gasteiger charge is 2.21. The van der Waals surface area contributed by atoms with Gasteiger partial charge in [-0.3, -0.25) is 0 Å². The number of nitrogens with zero attached hydrogens (tertiary/aromatic N) is 2. The molecule has 1 rings (SSSR count). The second kappa shape index (κ2) is 2.27. The topological polar surface area (TPSA) is 34.0 Å². The van der Waals surface area contributed by atoms with Gasteiger partial charge in [0.2, 0.25) is 0 Å². The zero-order chi connectivity index (χ0) is 6.74. The highest BCUT2D eigenvalue weighted by atomic mass is 16.5. The van der Waals surface area contributed by atoms with Crippen molar-refractivity contribution in [2.24, 2.45) is 9.98 Å². The van der Waals surface area contributed by atoms with Gasteiger partial charge in [-0.1, -0.05) is 0 Å². The number of aliphatic imine (C=N–C) groups is 2. The Hall–Kier alpha value is -0.700. The number of rotatable bonds is 2. The lowest BCUT2D eigenvalue weighted by Gasteiger charge is -2.15. The van der Waals surface area contributed by atoms with E-state index in [0.717, 1.165) is 0 Å². The molecule has 0 unspecified atom stereocenters. The summed E-state index contributed by atoms with van der Waals surface area (Å²) in [5.74, 6) is -0.616. The third kappa shape index (κ3) is 1.36. The van der Waals surface area contributed by atoms with E-state index in [1.807, 2.05) is 13.8 Å². The Morgan fingerprint density at radius 3 is 2.44 bits per heavy atom. The molecule has 9 heavy (non-hydrogen) atoms. The lowest BCUT2D eigenvalue weighted by molar-refractivity contribution is -0.00734. The van der Waals surface area contributed by atoms with Crippen molar-refractivity contribution in [3.05, 3.63) is 0 Å². The van der Waals surface area contributed by atoms with Crippen LogP contribution in [0.4, 0.5) is 0 Å². The average molecular weight is 126 g/mol. The first kappa shape index (κ1) is 6.42. The molecule has 0 aromatic rings. The van der Waals surface area contributed by atoms with Crippen molar-refractivity contribution in [2.45, 2.75) is 19.7 Å². The van der Waals surface area contributed by atoms with Crippen LogP contribution in [0.5, 0.6) is 0 Å². The third-order valence-corrected chi connectivity index (χ3v) is 1.11. The number of ether oxygens (including phenoxy) is 1. The molecule has 3 nitrogen and oxygen atoms in total. The van der Waals surface area contributed by atoms with Crippen LogP contribution in [0.15, 0.2) is 9.98 Å². The predicted octanol–water partition coefficient (Wildman–Crippen LogP) is 0.852. The van der Waals surface area contributed by atoms with Crippen LogP contribution in [-0.4, -0.2) is 24.9 Å². The van der Waals surface area contributed by atoms with Gasteiger partial charge in [0.15, 0.2) is 0 Å². The van der Waals surface area contributed by atoms with Crippen LogP contribution in [0.2, 0.25) is 0 Å². The summed E-state index contributed by atoms with van der Waals surface area (Å²) in [4.78, 5) is 7.98. The van der Waals surface area contributed by atoms with Gasteiger partial charge in [0.25, 0.3) is 5.85 Å². The molecule has 1 heterocycles. The molecule has 0 spiro atoms. The van der Waals surface area contributed by atoms with Gasteiger partial charge in [0.05, 0.1) is 0 Å². The van der Waals surface area contributed by atoms with Crippen molar-refractivity contribution in [1.82, 2.24) is 0 Å². The largest absolute Gasteiger partial charge is 0.336 e. The summed E-state index contributed by atoms with van der Waals surface area (Å²) in [5, 5.41) is 0. The van der Waals surface area contributed by atoms with Crippen LogP contribution in [0, 0.1) is 0 Å². The van der Waals surface area contributed by atoms with Crippen molar-refractivity contribution in [3.63, 3.8) is 0 Å². The minimum atomic E-state index is -0.616. The van der Waals surface area contributed by atoms with Gasteiger partial charge in [0.1, 0.15) is 0 Å². The fourth-order valence-corrected chi connectivity index (χ4v) is 0.725. The molecule has 3 heteroatoms. The Kier molecular flexibility index (Phi) is 1.62. The van der Waals surface area contributed by atoms with Gasteiger partial charge >= 0.3 is 0 Å². The number of hydrogen-bond donors (Lipinski definition) is 0. The van der Waals surface area contributed by atoms with Crippen LogP contribution < -0.4 is 0 Å². The Bertz CT molecular complexity index is 139. The highest BCUT2D eigenvalue weighted by molar-refractivity contribution is 6.17. The summed E-state index contributed by atoms with van der Waals surface area (Å²) in [5.41, 5.74) is 0. The van der Waals surface area contributed by atoms with Crippen LogP contribution in [-0.2, 0) is 4.74 Å². The van der Waals surface area contributed by atoms with Crippen molar-refractivity contribution in [3.8, 4) is 0 Å². The van der Waals surface area contributed by atoms with Crippen LogP contribution >= 0.6 is 0 Å². The minimum absolute atomic E-state index is 0.616. The van der Waals surface area contributed by atoms with Gasteiger partial charge in [-0.05, 0) is 6.92 Å². The molecule has 0 N–H and O–H groups in total. The van der Waals surface area contributed by atoms with Gasteiger partial charge in [-0.25, -0.2) is 9.98 Å². The quantitative estimate of drug-likeness (QED) is 0.540. The van der Waals surface area contributed by atoms with E-state index < -0.39 is 5.85 Å². The molecular weight excluding hydrogens is 116 g/mol. The molecule has 0 amide bonds. The van der Waals surface area contributed by atoms with Crippen LogP contribution in [0.1, 0.15) is 13.8 Å². The Balaban J connectivity index is 2.53. The molecule has 1 aliphatic rings. The third-order valence-electron chi connectivity index (χ3n) is 1.11.